The molecule has 0 spiro atoms. The van der Waals surface area contributed by atoms with Gasteiger partial charge in [-0.25, -0.2) is 4.79 Å². The van der Waals surface area contributed by atoms with Crippen molar-refractivity contribution in [3.63, 3.8) is 0 Å². The molecule has 22 heavy (non-hydrogen) atoms. The Morgan fingerprint density at radius 3 is 2.59 bits per heavy atom. The number of methoxy groups -OCH3 is 1. The van der Waals surface area contributed by atoms with Gasteiger partial charge in [-0.05, 0) is 37.0 Å². The summed E-state index contributed by atoms with van der Waals surface area (Å²) in [5, 5.41) is 2.55. The molecule has 1 N–H and O–H groups in total. The van der Waals surface area contributed by atoms with Gasteiger partial charge in [0.25, 0.3) is 0 Å². The maximum Gasteiger partial charge on any atom is 0.408 e. The van der Waals surface area contributed by atoms with E-state index in [0.29, 0.717) is 18.6 Å². The van der Waals surface area contributed by atoms with E-state index in [1.807, 2.05) is 0 Å². The zero-order chi connectivity index (χ0) is 16.2. The van der Waals surface area contributed by atoms with Crippen LogP contribution in [0.2, 0.25) is 0 Å². The third-order valence-corrected chi connectivity index (χ3v) is 3.74. The summed E-state index contributed by atoms with van der Waals surface area (Å²) in [5.41, 5.74) is 0.801. The van der Waals surface area contributed by atoms with Crippen LogP contribution < -0.4 is 10.1 Å². The summed E-state index contributed by atoms with van der Waals surface area (Å²) in [4.78, 5) is 12.9. The van der Waals surface area contributed by atoms with E-state index in [1.54, 1.807) is 31.4 Å². The van der Waals surface area contributed by atoms with E-state index in [0.717, 1.165) is 10.5 Å². The molecule has 1 aromatic carbocycles. The van der Waals surface area contributed by atoms with Crippen LogP contribution in [0.15, 0.2) is 24.3 Å². The molecule has 122 valence electrons. The lowest BCUT2D eigenvalue weighted by molar-refractivity contribution is -0.182. The zero-order valence-corrected chi connectivity index (χ0v) is 12.3. The molecule has 0 bridgehead atoms. The SMILES string of the molecule is COc1ccc(CNC(=O)N2CCCCC2C(F)(F)F)cc1. The minimum atomic E-state index is -4.38. The molecule has 1 atom stereocenters. The molecule has 2 rings (SSSR count). The number of hydrogen-bond acceptors (Lipinski definition) is 2. The number of amides is 2. The lowest BCUT2D eigenvalue weighted by Gasteiger charge is -2.36. The smallest absolute Gasteiger partial charge is 0.408 e. The van der Waals surface area contributed by atoms with Crippen molar-refractivity contribution in [2.45, 2.75) is 38.0 Å². The minimum absolute atomic E-state index is 0.0283. The number of halogens is 3. The van der Waals surface area contributed by atoms with E-state index in [-0.39, 0.29) is 19.5 Å². The van der Waals surface area contributed by atoms with Crippen molar-refractivity contribution in [1.29, 1.82) is 0 Å². The summed E-state index contributed by atoms with van der Waals surface area (Å²) in [5.74, 6) is 0.684. The number of rotatable bonds is 3. The topological polar surface area (TPSA) is 41.6 Å². The van der Waals surface area contributed by atoms with Crippen LogP contribution in [-0.4, -0.2) is 36.8 Å². The average molecular weight is 316 g/mol. The van der Waals surface area contributed by atoms with Gasteiger partial charge in [0, 0.05) is 13.1 Å². The Bertz CT molecular complexity index is 503. The summed E-state index contributed by atoms with van der Waals surface area (Å²) in [7, 11) is 1.55. The number of likely N-dealkylation sites (tertiary alicyclic amines) is 1. The van der Waals surface area contributed by atoms with Crippen molar-refractivity contribution in [2.75, 3.05) is 13.7 Å². The molecule has 0 aromatic heterocycles. The van der Waals surface area contributed by atoms with Crippen LogP contribution in [0.5, 0.6) is 5.75 Å². The van der Waals surface area contributed by atoms with Gasteiger partial charge in [0.05, 0.1) is 7.11 Å². The van der Waals surface area contributed by atoms with Gasteiger partial charge in [-0.1, -0.05) is 12.1 Å². The number of carbonyl (C=O) groups is 1. The number of hydrogen-bond donors (Lipinski definition) is 1. The number of carbonyl (C=O) groups excluding carboxylic acids is 1. The molecular formula is C15H19F3N2O2. The summed E-state index contributed by atoms with van der Waals surface area (Å²) in [6.07, 6.45) is -3.31. The van der Waals surface area contributed by atoms with Crippen LogP contribution in [0, 0.1) is 0 Å². The van der Waals surface area contributed by atoms with Crippen molar-refractivity contribution in [3.8, 4) is 5.75 Å². The highest BCUT2D eigenvalue weighted by Gasteiger charge is 2.46. The monoisotopic (exact) mass is 316 g/mol. The molecular weight excluding hydrogens is 297 g/mol. The van der Waals surface area contributed by atoms with Gasteiger partial charge < -0.3 is 15.0 Å². The van der Waals surface area contributed by atoms with Gasteiger partial charge in [0.15, 0.2) is 0 Å². The van der Waals surface area contributed by atoms with Crippen LogP contribution in [0.3, 0.4) is 0 Å². The molecule has 0 aliphatic carbocycles. The average Bonchev–Trinajstić information content (AvgIpc) is 2.52. The Kier molecular flexibility index (Phi) is 5.15. The van der Waals surface area contributed by atoms with Crippen LogP contribution in [0.25, 0.3) is 0 Å². The fourth-order valence-electron chi connectivity index (χ4n) is 2.54. The first kappa shape index (κ1) is 16.5. The van der Waals surface area contributed by atoms with Crippen LogP contribution in [0.4, 0.5) is 18.0 Å². The maximum atomic E-state index is 13.0. The maximum absolute atomic E-state index is 13.0. The van der Waals surface area contributed by atoms with E-state index >= 15 is 0 Å². The molecule has 1 unspecified atom stereocenters. The zero-order valence-electron chi connectivity index (χ0n) is 12.3. The number of benzene rings is 1. The largest absolute Gasteiger partial charge is 0.497 e. The number of urea groups is 1. The third kappa shape index (κ3) is 4.05. The number of ether oxygens (including phenoxy) is 1. The number of alkyl halides is 3. The number of piperidine rings is 1. The van der Waals surface area contributed by atoms with Crippen LogP contribution >= 0.6 is 0 Å². The highest BCUT2D eigenvalue weighted by Crippen LogP contribution is 2.31. The summed E-state index contributed by atoms with van der Waals surface area (Å²) in [6, 6.07) is 4.64. The quantitative estimate of drug-likeness (QED) is 0.929. The highest BCUT2D eigenvalue weighted by atomic mass is 19.4. The Morgan fingerprint density at radius 1 is 1.32 bits per heavy atom. The van der Waals surface area contributed by atoms with Gasteiger partial charge in [0.2, 0.25) is 0 Å². The van der Waals surface area contributed by atoms with Crippen molar-refractivity contribution < 1.29 is 22.7 Å². The van der Waals surface area contributed by atoms with Gasteiger partial charge in [0.1, 0.15) is 11.8 Å². The third-order valence-electron chi connectivity index (χ3n) is 3.74. The first-order valence-corrected chi connectivity index (χ1v) is 7.16. The normalized spacial score (nSPS) is 18.9. The molecule has 1 aliphatic heterocycles. The first-order chi connectivity index (χ1) is 10.4. The Hall–Kier alpha value is -1.92. The van der Waals surface area contributed by atoms with E-state index in [1.165, 1.54) is 0 Å². The van der Waals surface area contributed by atoms with E-state index in [2.05, 4.69) is 5.32 Å². The van der Waals surface area contributed by atoms with Crippen molar-refractivity contribution in [1.82, 2.24) is 10.2 Å². The second-order valence-electron chi connectivity index (χ2n) is 5.25. The lowest BCUT2D eigenvalue weighted by atomic mass is 10.0. The molecule has 7 heteroatoms. The van der Waals surface area contributed by atoms with E-state index in [9.17, 15) is 18.0 Å². The first-order valence-electron chi connectivity index (χ1n) is 7.16. The predicted octanol–water partition coefficient (Wildman–Crippen LogP) is 3.32. The van der Waals surface area contributed by atoms with Crippen molar-refractivity contribution in [2.24, 2.45) is 0 Å². The summed E-state index contributed by atoms with van der Waals surface area (Å²) < 4.78 is 43.9. The second-order valence-corrected chi connectivity index (χ2v) is 5.25. The Morgan fingerprint density at radius 2 is 2.00 bits per heavy atom. The molecule has 2 amide bonds. The number of nitrogens with one attached hydrogen (secondary N) is 1. The lowest BCUT2D eigenvalue weighted by Crippen LogP contribution is -2.54. The van der Waals surface area contributed by atoms with Gasteiger partial charge in [-0.3, -0.25) is 0 Å². The molecule has 1 saturated heterocycles. The minimum Gasteiger partial charge on any atom is -0.497 e. The predicted molar refractivity (Wildman–Crippen MR) is 75.6 cm³/mol. The fraction of sp³-hybridized carbons (Fsp3) is 0.533. The van der Waals surface area contributed by atoms with Gasteiger partial charge in [-0.15, -0.1) is 0 Å². The summed E-state index contributed by atoms with van der Waals surface area (Å²) >= 11 is 0. The van der Waals surface area contributed by atoms with Crippen LogP contribution in [0.1, 0.15) is 24.8 Å². The molecule has 1 aliphatic rings. The standard InChI is InChI=1S/C15H19F3N2O2/c1-22-12-7-5-11(6-8-12)10-19-14(21)20-9-3-2-4-13(20)15(16,17)18/h5-8,13H,2-4,9-10H2,1H3,(H,19,21). The molecule has 1 heterocycles. The van der Waals surface area contributed by atoms with Crippen molar-refractivity contribution in [3.05, 3.63) is 29.8 Å². The van der Waals surface area contributed by atoms with E-state index < -0.39 is 18.2 Å². The van der Waals surface area contributed by atoms with Crippen LogP contribution in [-0.2, 0) is 6.54 Å². The highest BCUT2D eigenvalue weighted by molar-refractivity contribution is 5.74. The molecule has 4 nitrogen and oxygen atoms in total. The summed E-state index contributed by atoms with van der Waals surface area (Å²) in [6.45, 7) is 0.322. The molecule has 0 saturated carbocycles. The van der Waals surface area contributed by atoms with Gasteiger partial charge >= 0.3 is 12.2 Å². The van der Waals surface area contributed by atoms with E-state index in [4.69, 9.17) is 4.74 Å². The second kappa shape index (κ2) is 6.89. The Balaban J connectivity index is 1.95. The number of nitrogens with zero attached hydrogens (tertiary/aromatic N) is 1. The molecule has 0 radical (unpaired) electrons. The molecule has 1 fully saturated rings. The fourth-order valence-corrected chi connectivity index (χ4v) is 2.54. The molecule has 1 aromatic rings. The Labute approximate surface area is 127 Å². The van der Waals surface area contributed by atoms with Crippen molar-refractivity contribution >= 4 is 6.03 Å². The van der Waals surface area contributed by atoms with Gasteiger partial charge in [-0.2, -0.15) is 13.2 Å².